The molecule has 0 aliphatic heterocycles. The molecular formula is C8H18BrNO3S. The third kappa shape index (κ3) is 8.93. The summed E-state index contributed by atoms with van der Waals surface area (Å²) >= 11 is 3.35. The van der Waals surface area contributed by atoms with Gasteiger partial charge >= 0.3 is 0 Å². The van der Waals surface area contributed by atoms with Gasteiger partial charge in [0.15, 0.2) is 0 Å². The molecule has 0 amide bonds. The van der Waals surface area contributed by atoms with Crippen molar-refractivity contribution < 1.29 is 13.2 Å². The molecule has 1 unspecified atom stereocenters. The molecule has 6 heteroatoms. The molecule has 0 saturated carbocycles. The van der Waals surface area contributed by atoms with E-state index in [2.05, 4.69) is 20.7 Å². The fourth-order valence-electron chi connectivity index (χ4n) is 0.879. The van der Waals surface area contributed by atoms with Gasteiger partial charge < -0.3 is 4.74 Å². The normalized spacial score (nSPS) is 14.2. The van der Waals surface area contributed by atoms with Crippen LogP contribution in [0.2, 0.25) is 0 Å². The van der Waals surface area contributed by atoms with Crippen molar-refractivity contribution in [3.05, 3.63) is 0 Å². The van der Waals surface area contributed by atoms with E-state index in [0.717, 1.165) is 6.42 Å². The first kappa shape index (κ1) is 14.3. The van der Waals surface area contributed by atoms with E-state index in [9.17, 15) is 8.42 Å². The number of rotatable bonds is 8. The molecule has 1 N–H and O–H groups in total. The molecule has 0 aromatic heterocycles. The van der Waals surface area contributed by atoms with E-state index >= 15 is 0 Å². The van der Waals surface area contributed by atoms with E-state index in [0.29, 0.717) is 24.4 Å². The van der Waals surface area contributed by atoms with Crippen molar-refractivity contribution in [1.82, 2.24) is 4.72 Å². The summed E-state index contributed by atoms with van der Waals surface area (Å²) in [7, 11) is -1.54. The Morgan fingerprint density at radius 3 is 2.64 bits per heavy atom. The maximum Gasteiger partial charge on any atom is 0.211 e. The summed E-state index contributed by atoms with van der Waals surface area (Å²) in [5.41, 5.74) is 0. The van der Waals surface area contributed by atoms with E-state index in [1.807, 2.05) is 6.92 Å². The van der Waals surface area contributed by atoms with Crippen LogP contribution in [0.5, 0.6) is 0 Å². The summed E-state index contributed by atoms with van der Waals surface area (Å²) in [6.07, 6.45) is 1.33. The highest BCUT2D eigenvalue weighted by atomic mass is 79.9. The Balaban J connectivity index is 3.62. The van der Waals surface area contributed by atoms with Crippen LogP contribution < -0.4 is 4.72 Å². The molecule has 0 spiro atoms. The predicted octanol–water partition coefficient (Wildman–Crippen LogP) is 1.12. The molecule has 0 aliphatic rings. The summed E-state index contributed by atoms with van der Waals surface area (Å²) in [6.45, 7) is 2.96. The topological polar surface area (TPSA) is 55.4 Å². The molecule has 0 radical (unpaired) electrons. The van der Waals surface area contributed by atoms with Gasteiger partial charge in [-0.15, -0.1) is 0 Å². The average Bonchev–Trinajstić information content (AvgIpc) is 2.03. The predicted molar refractivity (Wildman–Crippen MR) is 61.3 cm³/mol. The van der Waals surface area contributed by atoms with Crippen LogP contribution in [-0.4, -0.2) is 39.3 Å². The van der Waals surface area contributed by atoms with Gasteiger partial charge in [-0.25, -0.2) is 13.1 Å². The molecule has 0 aromatic rings. The molecular weight excluding hydrogens is 270 g/mol. The van der Waals surface area contributed by atoms with Gasteiger partial charge in [0, 0.05) is 25.1 Å². The molecule has 0 aromatic carbocycles. The average molecular weight is 288 g/mol. The number of hydrogen-bond acceptors (Lipinski definition) is 3. The van der Waals surface area contributed by atoms with Crippen LogP contribution in [-0.2, 0) is 14.8 Å². The van der Waals surface area contributed by atoms with Crippen molar-refractivity contribution in [3.63, 3.8) is 0 Å². The summed E-state index contributed by atoms with van der Waals surface area (Å²) in [5.74, 6) is 0.136. The van der Waals surface area contributed by atoms with Crippen LogP contribution in [0.25, 0.3) is 0 Å². The molecule has 0 bridgehead atoms. The van der Waals surface area contributed by atoms with E-state index in [4.69, 9.17) is 4.74 Å². The first-order chi connectivity index (χ1) is 6.48. The standard InChI is InChI=1S/C8H18BrNO3S/c1-8(9)4-5-10-14(11,12)7-3-6-13-2/h8,10H,3-7H2,1-2H3. The number of methoxy groups -OCH3 is 1. The Bertz CT molecular complexity index is 229. The van der Waals surface area contributed by atoms with E-state index in [-0.39, 0.29) is 5.75 Å². The fourth-order valence-corrected chi connectivity index (χ4v) is 2.18. The van der Waals surface area contributed by atoms with Gasteiger partial charge in [0.05, 0.1) is 5.75 Å². The zero-order valence-electron chi connectivity index (χ0n) is 8.62. The van der Waals surface area contributed by atoms with Crippen LogP contribution in [0.3, 0.4) is 0 Å². The zero-order chi connectivity index (χ0) is 11.0. The zero-order valence-corrected chi connectivity index (χ0v) is 11.0. The smallest absolute Gasteiger partial charge is 0.211 e. The Labute approximate surface area is 94.6 Å². The minimum atomic E-state index is -3.10. The van der Waals surface area contributed by atoms with Crippen molar-refractivity contribution in [3.8, 4) is 0 Å². The second-order valence-corrected chi connectivity index (χ2v) is 6.62. The lowest BCUT2D eigenvalue weighted by Gasteiger charge is -2.07. The molecule has 0 heterocycles. The minimum absolute atomic E-state index is 0.136. The van der Waals surface area contributed by atoms with Crippen LogP contribution in [0.15, 0.2) is 0 Å². The van der Waals surface area contributed by atoms with Gasteiger partial charge in [0.2, 0.25) is 10.0 Å². The van der Waals surface area contributed by atoms with E-state index in [1.165, 1.54) is 0 Å². The number of halogens is 1. The lowest BCUT2D eigenvalue weighted by molar-refractivity contribution is 0.199. The van der Waals surface area contributed by atoms with Gasteiger partial charge in [-0.05, 0) is 12.8 Å². The maximum absolute atomic E-state index is 11.3. The second-order valence-electron chi connectivity index (χ2n) is 3.13. The van der Waals surface area contributed by atoms with Gasteiger partial charge in [-0.1, -0.05) is 22.9 Å². The minimum Gasteiger partial charge on any atom is -0.385 e. The SMILES string of the molecule is COCCCS(=O)(=O)NCCC(C)Br. The molecule has 0 saturated heterocycles. The molecule has 86 valence electrons. The van der Waals surface area contributed by atoms with Crippen LogP contribution >= 0.6 is 15.9 Å². The number of hydrogen-bond donors (Lipinski definition) is 1. The van der Waals surface area contributed by atoms with Crippen molar-refractivity contribution in [1.29, 1.82) is 0 Å². The Kier molecular flexibility index (Phi) is 7.81. The first-order valence-corrected chi connectivity index (χ1v) is 7.15. The lowest BCUT2D eigenvalue weighted by atomic mass is 10.3. The van der Waals surface area contributed by atoms with Gasteiger partial charge in [0.1, 0.15) is 0 Å². The number of ether oxygens (including phenoxy) is 1. The van der Waals surface area contributed by atoms with Crippen LogP contribution in [0, 0.1) is 0 Å². The molecule has 4 nitrogen and oxygen atoms in total. The monoisotopic (exact) mass is 287 g/mol. The van der Waals surface area contributed by atoms with Gasteiger partial charge in [-0.2, -0.15) is 0 Å². The number of nitrogens with one attached hydrogen (secondary N) is 1. The fraction of sp³-hybridized carbons (Fsp3) is 1.00. The number of alkyl halides is 1. The highest BCUT2D eigenvalue weighted by Gasteiger charge is 2.09. The lowest BCUT2D eigenvalue weighted by Crippen LogP contribution is -2.28. The first-order valence-electron chi connectivity index (χ1n) is 4.58. The Morgan fingerprint density at radius 2 is 2.14 bits per heavy atom. The summed E-state index contributed by atoms with van der Waals surface area (Å²) in [6, 6.07) is 0. The van der Waals surface area contributed by atoms with E-state index in [1.54, 1.807) is 7.11 Å². The Hall–Kier alpha value is 0.350. The largest absolute Gasteiger partial charge is 0.385 e. The molecule has 1 atom stereocenters. The molecule has 14 heavy (non-hydrogen) atoms. The third-order valence-electron chi connectivity index (χ3n) is 1.63. The van der Waals surface area contributed by atoms with Crippen LogP contribution in [0.1, 0.15) is 19.8 Å². The molecule has 0 rings (SSSR count). The summed E-state index contributed by atoms with van der Waals surface area (Å²) in [5, 5.41) is 0. The third-order valence-corrected chi connectivity index (χ3v) is 3.55. The quantitative estimate of drug-likeness (QED) is 0.538. The highest BCUT2D eigenvalue weighted by molar-refractivity contribution is 9.09. The van der Waals surface area contributed by atoms with Gasteiger partial charge in [0.25, 0.3) is 0 Å². The van der Waals surface area contributed by atoms with Crippen molar-refractivity contribution in [2.24, 2.45) is 0 Å². The molecule has 0 fully saturated rings. The van der Waals surface area contributed by atoms with E-state index < -0.39 is 10.0 Å². The Morgan fingerprint density at radius 1 is 1.50 bits per heavy atom. The number of sulfonamides is 1. The van der Waals surface area contributed by atoms with Crippen LogP contribution in [0.4, 0.5) is 0 Å². The molecule has 0 aliphatic carbocycles. The van der Waals surface area contributed by atoms with Crippen molar-refractivity contribution in [2.45, 2.75) is 24.6 Å². The summed E-state index contributed by atoms with van der Waals surface area (Å²) in [4.78, 5) is 0.337. The second kappa shape index (κ2) is 7.62. The van der Waals surface area contributed by atoms with Gasteiger partial charge in [-0.3, -0.25) is 0 Å². The summed E-state index contributed by atoms with van der Waals surface area (Å²) < 4.78 is 29.9. The van der Waals surface area contributed by atoms with Crippen molar-refractivity contribution in [2.75, 3.05) is 26.0 Å². The maximum atomic E-state index is 11.3. The van der Waals surface area contributed by atoms with Crippen molar-refractivity contribution >= 4 is 26.0 Å². The highest BCUT2D eigenvalue weighted by Crippen LogP contribution is 2.01.